The molecule has 0 aliphatic heterocycles. The summed E-state index contributed by atoms with van der Waals surface area (Å²) in [7, 11) is 0. The van der Waals surface area contributed by atoms with E-state index >= 15 is 0 Å². The first-order valence-electron chi connectivity index (χ1n) is 9.26. The van der Waals surface area contributed by atoms with Crippen molar-refractivity contribution in [2.45, 2.75) is 31.3 Å². The highest BCUT2D eigenvalue weighted by atomic mass is 32.2. The van der Waals surface area contributed by atoms with Crippen LogP contribution in [-0.4, -0.2) is 16.6 Å². The highest BCUT2D eigenvalue weighted by Gasteiger charge is 2.14. The Morgan fingerprint density at radius 3 is 1.81 bits per heavy atom. The van der Waals surface area contributed by atoms with E-state index in [1.807, 2.05) is 41.3 Å². The van der Waals surface area contributed by atoms with E-state index in [4.69, 9.17) is 0 Å². The van der Waals surface area contributed by atoms with Crippen LogP contribution in [0.15, 0.2) is 89.8 Å². The third kappa shape index (κ3) is 6.30. The molecule has 0 aliphatic rings. The molecule has 0 fully saturated rings. The molecule has 0 heterocycles. The summed E-state index contributed by atoms with van der Waals surface area (Å²) >= 11 is 1.74. The molecule has 2 nitrogen and oxygen atoms in total. The number of benzene rings is 3. The molecule has 0 unspecified atom stereocenters. The highest BCUT2D eigenvalue weighted by molar-refractivity contribution is 7.99. The number of aryl methyl sites for hydroxylation is 1. The Kier molecular flexibility index (Phi) is 7.11. The van der Waals surface area contributed by atoms with Crippen LogP contribution in [0.2, 0.25) is 0 Å². The third-order valence-corrected chi connectivity index (χ3v) is 5.40. The minimum Gasteiger partial charge on any atom is -0.334 e. The van der Waals surface area contributed by atoms with Crippen molar-refractivity contribution in [2.24, 2.45) is 0 Å². The van der Waals surface area contributed by atoms with Crippen LogP contribution in [0.1, 0.15) is 23.1 Å². The molecule has 3 heteroatoms. The van der Waals surface area contributed by atoms with Gasteiger partial charge in [-0.05, 0) is 30.2 Å². The van der Waals surface area contributed by atoms with Gasteiger partial charge in [-0.2, -0.15) is 0 Å². The van der Waals surface area contributed by atoms with Gasteiger partial charge in [0.05, 0.1) is 0 Å². The van der Waals surface area contributed by atoms with Crippen LogP contribution < -0.4 is 0 Å². The van der Waals surface area contributed by atoms with Crippen LogP contribution in [0.5, 0.6) is 0 Å². The molecule has 0 radical (unpaired) electrons. The van der Waals surface area contributed by atoms with E-state index in [0.717, 1.165) is 16.9 Å². The van der Waals surface area contributed by atoms with Gasteiger partial charge in [0, 0.05) is 30.2 Å². The molecule has 0 atom stereocenters. The molecule has 0 bridgehead atoms. The quantitative estimate of drug-likeness (QED) is 0.470. The zero-order valence-electron chi connectivity index (χ0n) is 15.7. The lowest BCUT2D eigenvalue weighted by molar-refractivity contribution is -0.132. The Labute approximate surface area is 166 Å². The Hall–Kier alpha value is -2.52. The van der Waals surface area contributed by atoms with Crippen LogP contribution in [0.3, 0.4) is 0 Å². The predicted molar refractivity (Wildman–Crippen MR) is 114 cm³/mol. The molecule has 0 saturated heterocycles. The third-order valence-electron chi connectivity index (χ3n) is 4.39. The zero-order valence-corrected chi connectivity index (χ0v) is 16.5. The first-order valence-corrected chi connectivity index (χ1v) is 10.2. The molecule has 3 rings (SSSR count). The van der Waals surface area contributed by atoms with Gasteiger partial charge in [0.1, 0.15) is 0 Å². The minimum absolute atomic E-state index is 0.197. The number of thioether (sulfide) groups is 1. The van der Waals surface area contributed by atoms with Crippen molar-refractivity contribution < 1.29 is 4.79 Å². The largest absolute Gasteiger partial charge is 0.334 e. The lowest BCUT2D eigenvalue weighted by Crippen LogP contribution is -2.30. The van der Waals surface area contributed by atoms with Crippen LogP contribution in [-0.2, 0) is 17.9 Å². The number of carbonyl (C=O) groups excluding carboxylic acids is 1. The molecule has 0 N–H and O–H groups in total. The van der Waals surface area contributed by atoms with Crippen LogP contribution >= 0.6 is 11.8 Å². The Balaban J connectivity index is 1.61. The van der Waals surface area contributed by atoms with Gasteiger partial charge in [0.25, 0.3) is 0 Å². The van der Waals surface area contributed by atoms with Crippen molar-refractivity contribution in [2.75, 3.05) is 5.75 Å². The summed E-state index contributed by atoms with van der Waals surface area (Å²) in [6.45, 7) is 3.37. The summed E-state index contributed by atoms with van der Waals surface area (Å²) < 4.78 is 0. The SMILES string of the molecule is Cc1ccc(SCCC(=O)N(Cc2ccccc2)Cc2ccccc2)cc1. The van der Waals surface area contributed by atoms with E-state index < -0.39 is 0 Å². The van der Waals surface area contributed by atoms with E-state index in [0.29, 0.717) is 19.5 Å². The van der Waals surface area contributed by atoms with Crippen molar-refractivity contribution in [1.82, 2.24) is 4.90 Å². The van der Waals surface area contributed by atoms with Crippen LogP contribution in [0.25, 0.3) is 0 Å². The minimum atomic E-state index is 0.197. The van der Waals surface area contributed by atoms with E-state index in [1.54, 1.807) is 11.8 Å². The van der Waals surface area contributed by atoms with E-state index in [2.05, 4.69) is 55.5 Å². The Bertz CT molecular complexity index is 790. The summed E-state index contributed by atoms with van der Waals surface area (Å²) in [6.07, 6.45) is 0.540. The lowest BCUT2D eigenvalue weighted by Gasteiger charge is -2.23. The highest BCUT2D eigenvalue weighted by Crippen LogP contribution is 2.20. The molecule has 27 heavy (non-hydrogen) atoms. The topological polar surface area (TPSA) is 20.3 Å². The molecular weight excluding hydrogens is 350 g/mol. The standard InChI is InChI=1S/C24H25NOS/c1-20-12-14-23(15-13-20)27-17-16-24(26)25(18-21-8-4-2-5-9-21)19-22-10-6-3-7-11-22/h2-15H,16-19H2,1H3. The second-order valence-corrected chi connectivity index (χ2v) is 7.80. The van der Waals surface area contributed by atoms with E-state index in [9.17, 15) is 4.79 Å². The fourth-order valence-corrected chi connectivity index (χ4v) is 3.73. The molecule has 0 aliphatic carbocycles. The van der Waals surface area contributed by atoms with Gasteiger partial charge >= 0.3 is 0 Å². The van der Waals surface area contributed by atoms with Crippen LogP contribution in [0, 0.1) is 6.92 Å². The molecule has 3 aromatic rings. The summed E-state index contributed by atoms with van der Waals surface area (Å²) in [6, 6.07) is 28.9. The maximum atomic E-state index is 12.9. The van der Waals surface area contributed by atoms with Gasteiger partial charge < -0.3 is 4.90 Å². The van der Waals surface area contributed by atoms with Gasteiger partial charge in [0.2, 0.25) is 5.91 Å². The van der Waals surface area contributed by atoms with E-state index in [-0.39, 0.29) is 5.91 Å². The first-order chi connectivity index (χ1) is 13.2. The predicted octanol–water partition coefficient (Wildman–Crippen LogP) is 5.71. The van der Waals surface area contributed by atoms with Crippen molar-refractivity contribution in [3.63, 3.8) is 0 Å². The Morgan fingerprint density at radius 1 is 0.778 bits per heavy atom. The van der Waals surface area contributed by atoms with Gasteiger partial charge in [0.15, 0.2) is 0 Å². The molecule has 0 spiro atoms. The van der Waals surface area contributed by atoms with Gasteiger partial charge in [-0.1, -0.05) is 78.4 Å². The van der Waals surface area contributed by atoms with Gasteiger partial charge in [-0.15, -0.1) is 11.8 Å². The monoisotopic (exact) mass is 375 g/mol. The van der Waals surface area contributed by atoms with Crippen LogP contribution in [0.4, 0.5) is 0 Å². The number of amides is 1. The number of nitrogens with zero attached hydrogens (tertiary/aromatic N) is 1. The maximum Gasteiger partial charge on any atom is 0.224 e. The molecule has 0 saturated carbocycles. The van der Waals surface area contributed by atoms with Gasteiger partial charge in [-0.3, -0.25) is 4.79 Å². The van der Waals surface area contributed by atoms with Crippen molar-refractivity contribution in [3.8, 4) is 0 Å². The molecule has 1 amide bonds. The molecule has 138 valence electrons. The molecular formula is C24H25NOS. The first kappa shape index (κ1) is 19.2. The summed E-state index contributed by atoms with van der Waals surface area (Å²) in [5, 5.41) is 0. The number of hydrogen-bond acceptors (Lipinski definition) is 2. The summed E-state index contributed by atoms with van der Waals surface area (Å²) in [5.41, 5.74) is 3.58. The fourth-order valence-electron chi connectivity index (χ4n) is 2.89. The van der Waals surface area contributed by atoms with Crippen molar-refractivity contribution in [3.05, 3.63) is 102 Å². The van der Waals surface area contributed by atoms with Crippen molar-refractivity contribution >= 4 is 17.7 Å². The van der Waals surface area contributed by atoms with E-state index in [1.165, 1.54) is 10.5 Å². The Morgan fingerprint density at radius 2 is 1.30 bits per heavy atom. The average molecular weight is 376 g/mol. The summed E-state index contributed by atoms with van der Waals surface area (Å²) in [5.74, 6) is 0.990. The van der Waals surface area contributed by atoms with Crippen molar-refractivity contribution in [1.29, 1.82) is 0 Å². The number of carbonyl (C=O) groups is 1. The normalized spacial score (nSPS) is 10.6. The molecule has 0 aromatic heterocycles. The number of rotatable bonds is 8. The number of hydrogen-bond donors (Lipinski definition) is 0. The zero-order chi connectivity index (χ0) is 18.9. The smallest absolute Gasteiger partial charge is 0.224 e. The second-order valence-electron chi connectivity index (χ2n) is 6.63. The molecule has 3 aromatic carbocycles. The fraction of sp³-hybridized carbons (Fsp3) is 0.208. The second kappa shape index (κ2) is 9.98. The van der Waals surface area contributed by atoms with Gasteiger partial charge in [-0.25, -0.2) is 0 Å². The maximum absolute atomic E-state index is 12.9. The average Bonchev–Trinajstić information content (AvgIpc) is 2.70. The lowest BCUT2D eigenvalue weighted by atomic mass is 10.1. The summed E-state index contributed by atoms with van der Waals surface area (Å²) in [4.78, 5) is 16.1.